The zero-order valence-corrected chi connectivity index (χ0v) is 14.2. The average molecular weight is 312 g/mol. The lowest BCUT2D eigenvalue weighted by Crippen LogP contribution is -2.49. The summed E-state index contributed by atoms with van der Waals surface area (Å²) in [7, 11) is 3.20. The van der Waals surface area contributed by atoms with Gasteiger partial charge in [0.15, 0.2) is 5.78 Å². The number of allylic oxidation sites excluding steroid dienone is 1. The molecule has 126 valence electrons. The highest BCUT2D eigenvalue weighted by atomic mass is 16.6. The third-order valence-electron chi connectivity index (χ3n) is 3.87. The van der Waals surface area contributed by atoms with Crippen LogP contribution in [0.15, 0.2) is 12.2 Å². The van der Waals surface area contributed by atoms with E-state index in [-0.39, 0.29) is 18.3 Å². The monoisotopic (exact) mass is 312 g/mol. The molecule has 22 heavy (non-hydrogen) atoms. The first-order chi connectivity index (χ1) is 10.5. The molecule has 5 nitrogen and oxygen atoms in total. The lowest BCUT2D eigenvalue weighted by molar-refractivity contribution is -0.115. The summed E-state index contributed by atoms with van der Waals surface area (Å²) in [6.45, 7) is 7.74. The molecule has 0 atom stereocenters. The molecule has 0 aromatic heterocycles. The van der Waals surface area contributed by atoms with E-state index in [0.29, 0.717) is 38.4 Å². The van der Waals surface area contributed by atoms with E-state index in [9.17, 15) is 4.79 Å². The van der Waals surface area contributed by atoms with Gasteiger partial charge in [-0.05, 0) is 25.2 Å². The van der Waals surface area contributed by atoms with Crippen molar-refractivity contribution < 1.29 is 23.6 Å². The molecule has 0 spiro atoms. The third-order valence-corrected chi connectivity index (χ3v) is 3.87. The number of rotatable bonds is 11. The Morgan fingerprint density at radius 3 is 2.23 bits per heavy atom. The van der Waals surface area contributed by atoms with Crippen LogP contribution in [-0.2, 0) is 23.6 Å². The van der Waals surface area contributed by atoms with Gasteiger partial charge in [-0.15, -0.1) is 0 Å². The van der Waals surface area contributed by atoms with E-state index >= 15 is 0 Å². The fraction of sp³-hybridized carbons (Fsp3) is 0.812. The van der Waals surface area contributed by atoms with Crippen LogP contribution in [0.2, 0.25) is 6.32 Å². The maximum Gasteiger partial charge on any atom is 0.456 e. The van der Waals surface area contributed by atoms with Gasteiger partial charge < -0.3 is 18.8 Å². The number of hydrogen-bond donors (Lipinski definition) is 0. The van der Waals surface area contributed by atoms with Gasteiger partial charge in [-0.3, -0.25) is 4.79 Å². The van der Waals surface area contributed by atoms with Gasteiger partial charge in [0.2, 0.25) is 0 Å². The number of ketones is 1. The summed E-state index contributed by atoms with van der Waals surface area (Å²) >= 11 is 0. The fourth-order valence-electron chi connectivity index (χ4n) is 2.60. The van der Waals surface area contributed by atoms with Crippen LogP contribution in [0.4, 0.5) is 0 Å². The number of hydrogen-bond acceptors (Lipinski definition) is 5. The maximum atomic E-state index is 11.4. The molecule has 1 saturated heterocycles. The van der Waals surface area contributed by atoms with Gasteiger partial charge in [-0.25, -0.2) is 0 Å². The number of Topliss-reactive ketones (excluding diaryl/α,β-unsaturated/α-hetero) is 1. The van der Waals surface area contributed by atoms with E-state index in [1.54, 1.807) is 21.1 Å². The highest BCUT2D eigenvalue weighted by Gasteiger charge is 2.39. The van der Waals surface area contributed by atoms with Gasteiger partial charge >= 0.3 is 7.12 Å². The number of unbranched alkanes of at least 4 members (excludes halogenated alkanes) is 2. The lowest BCUT2D eigenvalue weighted by Gasteiger charge is -2.38. The van der Waals surface area contributed by atoms with E-state index in [1.807, 2.05) is 0 Å². The number of methoxy groups -OCH3 is 2. The molecule has 0 amide bonds. The summed E-state index contributed by atoms with van der Waals surface area (Å²) in [5.74, 6) is 0.161. The van der Waals surface area contributed by atoms with Crippen LogP contribution in [0, 0.1) is 5.41 Å². The molecule has 1 fully saturated rings. The van der Waals surface area contributed by atoms with Crippen molar-refractivity contribution in [1.29, 1.82) is 0 Å². The highest BCUT2D eigenvalue weighted by Crippen LogP contribution is 2.26. The number of carbonyl (C=O) groups excluding carboxylic acids is 1. The minimum absolute atomic E-state index is 0.154. The molecule has 0 N–H and O–H groups in total. The fourth-order valence-corrected chi connectivity index (χ4v) is 2.60. The molecular formula is C16H29BO5. The molecule has 0 bridgehead atoms. The van der Waals surface area contributed by atoms with Crippen LogP contribution in [-0.4, -0.2) is 53.5 Å². The molecule has 0 unspecified atom stereocenters. The van der Waals surface area contributed by atoms with Crippen molar-refractivity contribution in [2.75, 3.05) is 40.6 Å². The second-order valence-electron chi connectivity index (χ2n) is 6.22. The maximum absolute atomic E-state index is 11.4. The Bertz CT molecular complexity index is 342. The summed E-state index contributed by atoms with van der Waals surface area (Å²) in [4.78, 5) is 11.4. The topological polar surface area (TPSA) is 54.0 Å². The molecule has 6 heteroatoms. The van der Waals surface area contributed by atoms with Crippen LogP contribution < -0.4 is 0 Å². The summed E-state index contributed by atoms with van der Waals surface area (Å²) in [6.07, 6.45) is 4.35. The molecule has 1 rings (SSSR count). The standard InChI is InChI=1S/C16H29BO5/c1-14(2)15(18)8-6-5-7-9-17-21-12-16(10-19-3,11-20-4)13-22-17/h1,5-13H2,2-4H3. The van der Waals surface area contributed by atoms with E-state index in [1.165, 1.54) is 0 Å². The van der Waals surface area contributed by atoms with Crippen molar-refractivity contribution in [3.05, 3.63) is 12.2 Å². The van der Waals surface area contributed by atoms with Gasteiger partial charge in [0.05, 0.1) is 18.6 Å². The van der Waals surface area contributed by atoms with Crippen LogP contribution in [0.1, 0.15) is 32.6 Å². The molecule has 0 radical (unpaired) electrons. The van der Waals surface area contributed by atoms with E-state index in [4.69, 9.17) is 18.8 Å². The van der Waals surface area contributed by atoms with Gasteiger partial charge in [0, 0.05) is 33.9 Å². The Hall–Kier alpha value is -0.685. The summed E-state index contributed by atoms with van der Waals surface area (Å²) in [5.41, 5.74) is 0.444. The largest absolute Gasteiger partial charge is 0.456 e. The van der Waals surface area contributed by atoms with E-state index < -0.39 is 0 Å². The smallest absolute Gasteiger partial charge is 0.410 e. The minimum Gasteiger partial charge on any atom is -0.410 e. The third kappa shape index (κ3) is 6.61. The van der Waals surface area contributed by atoms with Crippen molar-refractivity contribution in [3.63, 3.8) is 0 Å². The van der Waals surface area contributed by atoms with Crippen LogP contribution >= 0.6 is 0 Å². The summed E-state index contributed by atoms with van der Waals surface area (Å²) in [5, 5.41) is 0. The zero-order valence-electron chi connectivity index (χ0n) is 14.2. The molecule has 1 aliphatic rings. The Morgan fingerprint density at radius 1 is 1.14 bits per heavy atom. The van der Waals surface area contributed by atoms with Crippen molar-refractivity contribution in [3.8, 4) is 0 Å². The lowest BCUT2D eigenvalue weighted by atomic mass is 9.77. The average Bonchev–Trinajstić information content (AvgIpc) is 2.49. The van der Waals surface area contributed by atoms with Crippen molar-refractivity contribution in [2.45, 2.75) is 38.9 Å². The second kappa shape index (κ2) is 10.2. The van der Waals surface area contributed by atoms with Crippen molar-refractivity contribution in [2.24, 2.45) is 5.41 Å². The van der Waals surface area contributed by atoms with Gasteiger partial charge in [0.1, 0.15) is 0 Å². The zero-order chi connectivity index (χ0) is 16.4. The van der Waals surface area contributed by atoms with Gasteiger partial charge in [-0.1, -0.05) is 19.4 Å². The number of carbonyl (C=O) groups is 1. The summed E-state index contributed by atoms with van der Waals surface area (Å²) in [6, 6.07) is 0. The van der Waals surface area contributed by atoms with E-state index in [0.717, 1.165) is 25.6 Å². The van der Waals surface area contributed by atoms with Crippen LogP contribution in [0.3, 0.4) is 0 Å². The quantitative estimate of drug-likeness (QED) is 0.333. The van der Waals surface area contributed by atoms with Gasteiger partial charge in [0.25, 0.3) is 0 Å². The predicted octanol–water partition coefficient (Wildman–Crippen LogP) is 2.51. The predicted molar refractivity (Wildman–Crippen MR) is 86.9 cm³/mol. The Morgan fingerprint density at radius 2 is 1.73 bits per heavy atom. The molecule has 0 saturated carbocycles. The Balaban J connectivity index is 2.17. The minimum atomic E-state index is -0.200. The van der Waals surface area contributed by atoms with Gasteiger partial charge in [-0.2, -0.15) is 0 Å². The SMILES string of the molecule is C=C(C)C(=O)CCCCCB1OCC(COC)(COC)CO1. The first-order valence-corrected chi connectivity index (χ1v) is 7.93. The normalized spacial score (nSPS) is 17.5. The molecular weight excluding hydrogens is 283 g/mol. The first-order valence-electron chi connectivity index (χ1n) is 7.93. The van der Waals surface area contributed by atoms with Crippen LogP contribution in [0.5, 0.6) is 0 Å². The summed E-state index contributed by atoms with van der Waals surface area (Å²) < 4.78 is 22.1. The van der Waals surface area contributed by atoms with Crippen LogP contribution in [0.25, 0.3) is 0 Å². The molecule has 1 heterocycles. The second-order valence-corrected chi connectivity index (χ2v) is 6.22. The molecule has 0 aromatic rings. The molecule has 0 aliphatic carbocycles. The Kier molecular flexibility index (Phi) is 8.94. The molecule has 0 aromatic carbocycles. The van der Waals surface area contributed by atoms with Crippen molar-refractivity contribution in [1.82, 2.24) is 0 Å². The van der Waals surface area contributed by atoms with E-state index in [2.05, 4.69) is 6.58 Å². The van der Waals surface area contributed by atoms with Crippen molar-refractivity contribution >= 4 is 12.9 Å². The Labute approximate surface area is 134 Å². The highest BCUT2D eigenvalue weighted by molar-refractivity contribution is 6.44. The number of ether oxygens (including phenoxy) is 2. The molecule has 1 aliphatic heterocycles. The first kappa shape index (κ1) is 19.4.